The second-order valence-electron chi connectivity index (χ2n) is 6.65. The fraction of sp³-hybridized carbons (Fsp3) is 0.182. The molecule has 9 heteroatoms. The zero-order chi connectivity index (χ0) is 22.4. The molecule has 3 N–H and O–H groups in total. The average molecular weight is 439 g/mol. The topological polar surface area (TPSA) is 121 Å². The van der Waals surface area contributed by atoms with Crippen LogP contribution in [0, 0.1) is 0 Å². The Morgan fingerprint density at radius 3 is 2.45 bits per heavy atom. The van der Waals surface area contributed by atoms with Crippen LogP contribution in [0.1, 0.15) is 28.4 Å². The lowest BCUT2D eigenvalue weighted by atomic mass is 10.1. The number of methoxy groups -OCH3 is 1. The number of nitrogens with zero attached hydrogens (tertiary/aromatic N) is 1. The lowest BCUT2D eigenvalue weighted by Gasteiger charge is -2.12. The summed E-state index contributed by atoms with van der Waals surface area (Å²) in [5.74, 6) is -1.15. The first-order valence-electron chi connectivity index (χ1n) is 9.39. The second kappa shape index (κ2) is 9.94. The van der Waals surface area contributed by atoms with Gasteiger partial charge in [0.05, 0.1) is 23.5 Å². The lowest BCUT2D eigenvalue weighted by molar-refractivity contribution is -0.115. The molecule has 160 valence electrons. The Kier molecular flexibility index (Phi) is 7.09. The molecule has 2 aromatic carbocycles. The van der Waals surface area contributed by atoms with Crippen molar-refractivity contribution in [3.8, 4) is 5.88 Å². The van der Waals surface area contributed by atoms with Crippen molar-refractivity contribution in [3.05, 3.63) is 81.6 Å². The quantitative estimate of drug-likeness (QED) is 0.294. The highest BCUT2D eigenvalue weighted by Gasteiger charge is 2.19. The number of nitrogens with one attached hydrogen (secondary N) is 2. The van der Waals surface area contributed by atoms with Gasteiger partial charge in [-0.1, -0.05) is 42.1 Å². The highest BCUT2D eigenvalue weighted by Crippen LogP contribution is 2.23. The molecule has 1 aromatic heterocycles. The van der Waals surface area contributed by atoms with Gasteiger partial charge >= 0.3 is 5.97 Å². The van der Waals surface area contributed by atoms with E-state index in [4.69, 9.17) is 0 Å². The van der Waals surface area contributed by atoms with Crippen LogP contribution in [0.5, 0.6) is 5.88 Å². The molecule has 0 bridgehead atoms. The number of carbonyl (C=O) groups excluding carboxylic acids is 2. The van der Waals surface area contributed by atoms with Crippen LogP contribution in [0.3, 0.4) is 0 Å². The van der Waals surface area contributed by atoms with Crippen LogP contribution in [0.2, 0.25) is 0 Å². The number of hydrogen-bond acceptors (Lipinski definition) is 7. The van der Waals surface area contributed by atoms with Crippen LogP contribution in [-0.4, -0.2) is 39.3 Å². The minimum absolute atomic E-state index is 0.142. The first-order chi connectivity index (χ1) is 14.9. The van der Waals surface area contributed by atoms with Crippen LogP contribution < -0.4 is 10.9 Å². The SMILES string of the molecule is COC(=O)c1ccc(NC(=O)C(C)Sc2nc(O)c(Cc3ccccc3)c(=O)[nH]2)cc1. The van der Waals surface area contributed by atoms with Gasteiger partial charge in [-0.3, -0.25) is 9.59 Å². The second-order valence-corrected chi connectivity index (χ2v) is 7.98. The maximum Gasteiger partial charge on any atom is 0.337 e. The van der Waals surface area contributed by atoms with Crippen molar-refractivity contribution >= 4 is 29.3 Å². The number of rotatable bonds is 7. The normalized spacial score (nSPS) is 11.5. The Morgan fingerprint density at radius 2 is 1.84 bits per heavy atom. The molecule has 3 rings (SSSR count). The van der Waals surface area contributed by atoms with Gasteiger partial charge in [0, 0.05) is 12.1 Å². The smallest absolute Gasteiger partial charge is 0.337 e. The van der Waals surface area contributed by atoms with E-state index in [0.717, 1.165) is 17.3 Å². The van der Waals surface area contributed by atoms with Gasteiger partial charge in [0.2, 0.25) is 11.8 Å². The van der Waals surface area contributed by atoms with Gasteiger partial charge < -0.3 is 20.1 Å². The number of H-pyrrole nitrogens is 1. The van der Waals surface area contributed by atoms with E-state index >= 15 is 0 Å². The third-order valence-electron chi connectivity index (χ3n) is 4.43. The molecule has 0 spiro atoms. The number of esters is 1. The molecule has 1 unspecified atom stereocenters. The first-order valence-corrected chi connectivity index (χ1v) is 10.3. The highest BCUT2D eigenvalue weighted by atomic mass is 32.2. The summed E-state index contributed by atoms with van der Waals surface area (Å²) in [5.41, 5.74) is 1.46. The first kappa shape index (κ1) is 22.1. The zero-order valence-corrected chi connectivity index (χ0v) is 17.7. The maximum atomic E-state index is 12.5. The molecule has 1 heterocycles. The number of aromatic amines is 1. The van der Waals surface area contributed by atoms with E-state index in [1.54, 1.807) is 31.2 Å². The summed E-state index contributed by atoms with van der Waals surface area (Å²) in [6, 6.07) is 15.5. The largest absolute Gasteiger partial charge is 0.493 e. The molecule has 0 aliphatic heterocycles. The summed E-state index contributed by atoms with van der Waals surface area (Å²) in [5, 5.41) is 12.5. The summed E-state index contributed by atoms with van der Waals surface area (Å²) in [6.45, 7) is 1.65. The van der Waals surface area contributed by atoms with Gasteiger partial charge in [0.1, 0.15) is 0 Å². The number of amides is 1. The number of benzene rings is 2. The van der Waals surface area contributed by atoms with Crippen molar-refractivity contribution in [3.63, 3.8) is 0 Å². The molecular weight excluding hydrogens is 418 g/mol. The number of hydrogen-bond donors (Lipinski definition) is 3. The molecule has 0 radical (unpaired) electrons. The van der Waals surface area contributed by atoms with Crippen LogP contribution in [0.15, 0.2) is 64.5 Å². The molecule has 8 nitrogen and oxygen atoms in total. The summed E-state index contributed by atoms with van der Waals surface area (Å²) in [7, 11) is 1.29. The van der Waals surface area contributed by atoms with E-state index in [1.807, 2.05) is 30.3 Å². The molecular formula is C22H21N3O5S. The van der Waals surface area contributed by atoms with Crippen LogP contribution in [-0.2, 0) is 16.0 Å². The third-order valence-corrected chi connectivity index (χ3v) is 5.41. The fourth-order valence-corrected chi connectivity index (χ4v) is 3.54. The summed E-state index contributed by atoms with van der Waals surface area (Å²) in [6.07, 6.45) is 0.248. The molecule has 31 heavy (non-hydrogen) atoms. The standard InChI is InChI=1S/C22H21N3O5S/c1-13(18(26)23-16-10-8-15(9-11-16)21(29)30-2)31-22-24-19(27)17(20(28)25-22)12-14-6-4-3-5-7-14/h3-11,13H,12H2,1-2H3,(H,23,26)(H2,24,25,27,28). The van der Waals surface area contributed by atoms with Crippen LogP contribution >= 0.6 is 11.8 Å². The zero-order valence-electron chi connectivity index (χ0n) is 16.9. The van der Waals surface area contributed by atoms with E-state index in [0.29, 0.717) is 11.3 Å². The predicted molar refractivity (Wildman–Crippen MR) is 118 cm³/mol. The fourth-order valence-electron chi connectivity index (χ4n) is 2.75. The average Bonchev–Trinajstić information content (AvgIpc) is 2.77. The summed E-state index contributed by atoms with van der Waals surface area (Å²) < 4.78 is 4.64. The third kappa shape index (κ3) is 5.73. The van der Waals surface area contributed by atoms with E-state index in [1.165, 1.54) is 7.11 Å². The Labute approximate surface area is 182 Å². The molecule has 0 saturated carbocycles. The Balaban J connectivity index is 1.65. The molecule has 0 fully saturated rings. The summed E-state index contributed by atoms with van der Waals surface area (Å²) >= 11 is 1.01. The van der Waals surface area contributed by atoms with E-state index in [2.05, 4.69) is 20.0 Å². The monoisotopic (exact) mass is 439 g/mol. The lowest BCUT2D eigenvalue weighted by Crippen LogP contribution is -2.23. The Hall–Kier alpha value is -3.59. The number of anilines is 1. The molecule has 3 aromatic rings. The summed E-state index contributed by atoms with van der Waals surface area (Å²) in [4.78, 5) is 43.0. The number of aromatic hydroxyl groups is 1. The van der Waals surface area contributed by atoms with E-state index in [-0.39, 0.29) is 28.9 Å². The van der Waals surface area contributed by atoms with Gasteiger partial charge in [-0.25, -0.2) is 4.79 Å². The minimum atomic E-state index is -0.609. The molecule has 1 atom stereocenters. The minimum Gasteiger partial charge on any atom is -0.493 e. The maximum absolute atomic E-state index is 12.5. The highest BCUT2D eigenvalue weighted by molar-refractivity contribution is 8.00. The number of carbonyl (C=O) groups is 2. The van der Waals surface area contributed by atoms with Crippen molar-refractivity contribution in [1.29, 1.82) is 0 Å². The number of ether oxygens (including phenoxy) is 1. The number of aromatic nitrogens is 2. The van der Waals surface area contributed by atoms with Crippen molar-refractivity contribution < 1.29 is 19.4 Å². The van der Waals surface area contributed by atoms with Crippen molar-refractivity contribution in [2.24, 2.45) is 0 Å². The van der Waals surface area contributed by atoms with Crippen molar-refractivity contribution in [2.75, 3.05) is 12.4 Å². The molecule has 0 aliphatic rings. The Bertz CT molecular complexity index is 1130. The number of thioether (sulfide) groups is 1. The van der Waals surface area contributed by atoms with Crippen molar-refractivity contribution in [2.45, 2.75) is 23.8 Å². The van der Waals surface area contributed by atoms with E-state index < -0.39 is 16.8 Å². The molecule has 0 aliphatic carbocycles. The van der Waals surface area contributed by atoms with Gasteiger partial charge in [0.25, 0.3) is 5.56 Å². The van der Waals surface area contributed by atoms with Gasteiger partial charge in [0.15, 0.2) is 5.16 Å². The predicted octanol–water partition coefficient (Wildman–Crippen LogP) is 2.97. The van der Waals surface area contributed by atoms with E-state index in [9.17, 15) is 19.5 Å². The van der Waals surface area contributed by atoms with Crippen LogP contribution in [0.25, 0.3) is 0 Å². The Morgan fingerprint density at radius 1 is 1.16 bits per heavy atom. The van der Waals surface area contributed by atoms with Crippen LogP contribution in [0.4, 0.5) is 5.69 Å². The molecule has 0 saturated heterocycles. The van der Waals surface area contributed by atoms with Gasteiger partial charge in [-0.05, 0) is 36.8 Å². The van der Waals surface area contributed by atoms with Crippen molar-refractivity contribution in [1.82, 2.24) is 9.97 Å². The molecule has 1 amide bonds. The van der Waals surface area contributed by atoms with Gasteiger partial charge in [-0.2, -0.15) is 4.98 Å². The van der Waals surface area contributed by atoms with Gasteiger partial charge in [-0.15, -0.1) is 0 Å².